The van der Waals surface area contributed by atoms with E-state index in [0.29, 0.717) is 0 Å². The van der Waals surface area contributed by atoms with Crippen molar-refractivity contribution in [2.75, 3.05) is 0 Å². The highest BCUT2D eigenvalue weighted by molar-refractivity contribution is 6.20. The van der Waals surface area contributed by atoms with Crippen LogP contribution in [-0.2, 0) is 0 Å². The van der Waals surface area contributed by atoms with E-state index in [1.807, 2.05) is 31.2 Å². The molecule has 0 saturated carbocycles. The van der Waals surface area contributed by atoms with Crippen LogP contribution in [0.3, 0.4) is 0 Å². The van der Waals surface area contributed by atoms with E-state index in [2.05, 4.69) is 97.6 Å². The lowest BCUT2D eigenvalue weighted by Crippen LogP contribution is -1.92. The first-order valence-corrected chi connectivity index (χ1v) is 11.6. The van der Waals surface area contributed by atoms with Crippen LogP contribution in [0.1, 0.15) is 12.5 Å². The van der Waals surface area contributed by atoms with Gasteiger partial charge in [0.1, 0.15) is 11.2 Å². The van der Waals surface area contributed by atoms with E-state index in [0.717, 1.165) is 27.5 Å². The third-order valence-electron chi connectivity index (χ3n) is 6.52. The van der Waals surface area contributed by atoms with Crippen LogP contribution in [0.25, 0.3) is 60.2 Å². The number of furan rings is 1. The second kappa shape index (κ2) is 8.20. The van der Waals surface area contributed by atoms with Gasteiger partial charge in [-0.3, -0.25) is 0 Å². The summed E-state index contributed by atoms with van der Waals surface area (Å²) in [5.41, 5.74) is 6.46. The maximum atomic E-state index is 6.09. The number of hydrogen-bond donors (Lipinski definition) is 0. The first-order valence-electron chi connectivity index (χ1n) is 11.6. The summed E-state index contributed by atoms with van der Waals surface area (Å²) < 4.78 is 6.09. The van der Waals surface area contributed by atoms with Gasteiger partial charge in [0.2, 0.25) is 0 Å². The summed E-state index contributed by atoms with van der Waals surface area (Å²) in [7, 11) is 0. The SMILES string of the molecule is C=C(/C=C\C=C/C)c1c2ccccc2c(-c2ccc3oc4ccccc4c3c2)c2ccccc12. The van der Waals surface area contributed by atoms with Crippen LogP contribution >= 0.6 is 0 Å². The lowest BCUT2D eigenvalue weighted by molar-refractivity contribution is 0.669. The van der Waals surface area contributed by atoms with Crippen LogP contribution in [0.2, 0.25) is 0 Å². The van der Waals surface area contributed by atoms with Crippen molar-refractivity contribution in [3.63, 3.8) is 0 Å². The smallest absolute Gasteiger partial charge is 0.135 e. The molecule has 0 aliphatic heterocycles. The Balaban J connectivity index is 1.70. The Morgan fingerprint density at radius 3 is 1.91 bits per heavy atom. The molecule has 0 atom stereocenters. The van der Waals surface area contributed by atoms with Gasteiger partial charge in [-0.2, -0.15) is 0 Å². The average molecular weight is 437 g/mol. The Morgan fingerprint density at radius 1 is 0.647 bits per heavy atom. The van der Waals surface area contributed by atoms with E-state index < -0.39 is 0 Å². The summed E-state index contributed by atoms with van der Waals surface area (Å²) in [6, 6.07) is 32.1. The summed E-state index contributed by atoms with van der Waals surface area (Å²) in [6.07, 6.45) is 8.21. The van der Waals surface area contributed by atoms with Gasteiger partial charge in [-0.15, -0.1) is 0 Å². The minimum absolute atomic E-state index is 0.915. The molecule has 0 N–H and O–H groups in total. The van der Waals surface area contributed by atoms with Crippen LogP contribution in [0.15, 0.2) is 126 Å². The van der Waals surface area contributed by atoms with Crippen LogP contribution in [-0.4, -0.2) is 0 Å². The molecule has 0 unspecified atom stereocenters. The molecule has 0 amide bonds. The zero-order chi connectivity index (χ0) is 23.1. The minimum atomic E-state index is 0.915. The number of para-hydroxylation sites is 1. The molecule has 0 radical (unpaired) electrons. The van der Waals surface area contributed by atoms with Gasteiger partial charge in [-0.05, 0) is 68.9 Å². The Morgan fingerprint density at radius 2 is 1.24 bits per heavy atom. The Kier molecular flexibility index (Phi) is 4.89. The van der Waals surface area contributed by atoms with Crippen molar-refractivity contribution in [2.45, 2.75) is 6.92 Å². The van der Waals surface area contributed by atoms with Crippen molar-refractivity contribution >= 4 is 49.1 Å². The third-order valence-corrected chi connectivity index (χ3v) is 6.52. The van der Waals surface area contributed by atoms with Crippen LogP contribution in [0.4, 0.5) is 0 Å². The second-order valence-electron chi connectivity index (χ2n) is 8.56. The van der Waals surface area contributed by atoms with Gasteiger partial charge in [0.25, 0.3) is 0 Å². The molecule has 0 aliphatic carbocycles. The standard InChI is InChI=1S/C33H24O/c1-3-4-5-12-22(2)32-25-14-6-8-16-27(25)33(28-17-9-7-15-26(28)32)23-19-20-31-29(21-23)24-13-10-11-18-30(24)34-31/h3-21H,2H2,1H3/b4-3-,12-5-. The molecule has 6 aromatic rings. The fourth-order valence-corrected chi connectivity index (χ4v) is 5.03. The van der Waals surface area contributed by atoms with E-state index in [9.17, 15) is 0 Å². The van der Waals surface area contributed by atoms with Crippen molar-refractivity contribution in [3.8, 4) is 11.1 Å². The molecule has 5 aromatic carbocycles. The van der Waals surface area contributed by atoms with Crippen molar-refractivity contribution in [1.82, 2.24) is 0 Å². The fraction of sp³-hybridized carbons (Fsp3) is 0.0303. The van der Waals surface area contributed by atoms with Gasteiger partial charge in [-0.1, -0.05) is 104 Å². The zero-order valence-corrected chi connectivity index (χ0v) is 19.1. The van der Waals surface area contributed by atoms with Crippen LogP contribution in [0, 0.1) is 0 Å². The number of rotatable bonds is 4. The summed E-state index contributed by atoms with van der Waals surface area (Å²) >= 11 is 0. The fourth-order valence-electron chi connectivity index (χ4n) is 5.03. The van der Waals surface area contributed by atoms with Gasteiger partial charge >= 0.3 is 0 Å². The first-order chi connectivity index (χ1) is 16.8. The second-order valence-corrected chi connectivity index (χ2v) is 8.56. The quantitative estimate of drug-likeness (QED) is 0.198. The Hall–Kier alpha value is -4.36. The highest BCUT2D eigenvalue weighted by Gasteiger charge is 2.17. The topological polar surface area (TPSA) is 13.1 Å². The predicted octanol–water partition coefficient (Wildman–Crippen LogP) is 9.70. The van der Waals surface area contributed by atoms with E-state index in [1.165, 1.54) is 38.2 Å². The van der Waals surface area contributed by atoms with E-state index in [1.54, 1.807) is 0 Å². The molecule has 162 valence electrons. The molecule has 1 nitrogen and oxygen atoms in total. The lowest BCUT2D eigenvalue weighted by Gasteiger charge is -2.17. The molecule has 0 aliphatic rings. The summed E-state index contributed by atoms with van der Waals surface area (Å²) in [5.74, 6) is 0. The van der Waals surface area contributed by atoms with Gasteiger partial charge < -0.3 is 4.42 Å². The molecular formula is C33H24O. The maximum absolute atomic E-state index is 6.09. The van der Waals surface area contributed by atoms with Gasteiger partial charge in [0, 0.05) is 10.8 Å². The van der Waals surface area contributed by atoms with Crippen molar-refractivity contribution in [3.05, 3.63) is 127 Å². The summed E-state index contributed by atoms with van der Waals surface area (Å²) in [5, 5.41) is 7.16. The van der Waals surface area contributed by atoms with E-state index in [4.69, 9.17) is 4.42 Å². The van der Waals surface area contributed by atoms with Gasteiger partial charge in [-0.25, -0.2) is 0 Å². The molecule has 0 fully saturated rings. The van der Waals surface area contributed by atoms with Crippen molar-refractivity contribution in [1.29, 1.82) is 0 Å². The molecule has 1 aromatic heterocycles. The molecule has 0 bridgehead atoms. The average Bonchev–Trinajstić information content (AvgIpc) is 3.25. The normalized spacial score (nSPS) is 12.1. The summed E-state index contributed by atoms with van der Waals surface area (Å²) in [6.45, 7) is 6.46. The Labute approximate surface area is 198 Å². The number of allylic oxidation sites excluding steroid dienone is 5. The third kappa shape index (κ3) is 3.17. The van der Waals surface area contributed by atoms with Gasteiger partial charge in [0.05, 0.1) is 0 Å². The molecule has 0 saturated heterocycles. The molecule has 1 heterocycles. The van der Waals surface area contributed by atoms with Crippen LogP contribution < -0.4 is 0 Å². The summed E-state index contributed by atoms with van der Waals surface area (Å²) in [4.78, 5) is 0. The van der Waals surface area contributed by atoms with E-state index >= 15 is 0 Å². The molecule has 6 rings (SSSR count). The van der Waals surface area contributed by atoms with Crippen LogP contribution in [0.5, 0.6) is 0 Å². The lowest BCUT2D eigenvalue weighted by atomic mass is 9.86. The molecule has 1 heteroatoms. The largest absolute Gasteiger partial charge is 0.456 e. The zero-order valence-electron chi connectivity index (χ0n) is 19.1. The van der Waals surface area contributed by atoms with Crippen molar-refractivity contribution < 1.29 is 4.42 Å². The monoisotopic (exact) mass is 436 g/mol. The van der Waals surface area contributed by atoms with Crippen molar-refractivity contribution in [2.24, 2.45) is 0 Å². The highest BCUT2D eigenvalue weighted by atomic mass is 16.3. The predicted molar refractivity (Wildman–Crippen MR) is 147 cm³/mol. The Bertz CT molecular complexity index is 1720. The highest BCUT2D eigenvalue weighted by Crippen LogP contribution is 2.43. The molecular weight excluding hydrogens is 412 g/mol. The number of benzene rings is 5. The minimum Gasteiger partial charge on any atom is -0.456 e. The molecule has 0 spiro atoms. The number of fused-ring (bicyclic) bond motifs is 5. The molecule has 34 heavy (non-hydrogen) atoms. The van der Waals surface area contributed by atoms with E-state index in [-0.39, 0.29) is 0 Å². The maximum Gasteiger partial charge on any atom is 0.135 e. The number of hydrogen-bond acceptors (Lipinski definition) is 1. The first kappa shape index (κ1) is 20.3. The van der Waals surface area contributed by atoms with Gasteiger partial charge in [0.15, 0.2) is 0 Å².